The largest absolute Gasteiger partial charge is 0.497 e. The molecule has 3 aromatic rings. The average Bonchev–Trinajstić information content (AvgIpc) is 3.08. The monoisotopic (exact) mass is 353 g/mol. The lowest BCUT2D eigenvalue weighted by Gasteiger charge is -2.09. The van der Waals surface area contributed by atoms with Crippen molar-refractivity contribution in [2.24, 2.45) is 0 Å². The number of aromatic nitrogens is 2. The standard InChI is InChI=1S/C20H23N3O3/c1-25-17-7-8-18-16(13-17)14-22-23(18)12-10-20(24)21-11-9-15-5-3-4-6-19(15)26-2/h3-8,13-14H,9-12H2,1-2H3,(H,21,24). The molecule has 26 heavy (non-hydrogen) atoms. The molecule has 0 saturated heterocycles. The number of carbonyl (C=O) groups excluding carboxylic acids is 1. The maximum absolute atomic E-state index is 12.1. The number of carbonyl (C=O) groups is 1. The van der Waals surface area contributed by atoms with Crippen LogP contribution >= 0.6 is 0 Å². The van der Waals surface area contributed by atoms with Gasteiger partial charge in [-0.1, -0.05) is 18.2 Å². The minimum absolute atomic E-state index is 0.0112. The Morgan fingerprint density at radius 1 is 1.15 bits per heavy atom. The molecule has 1 amide bonds. The van der Waals surface area contributed by atoms with Crippen LogP contribution < -0.4 is 14.8 Å². The topological polar surface area (TPSA) is 65.4 Å². The summed E-state index contributed by atoms with van der Waals surface area (Å²) >= 11 is 0. The van der Waals surface area contributed by atoms with Crippen LogP contribution in [-0.2, 0) is 17.8 Å². The summed E-state index contributed by atoms with van der Waals surface area (Å²) in [6.07, 6.45) is 2.91. The van der Waals surface area contributed by atoms with Crippen LogP contribution in [0.3, 0.4) is 0 Å². The second-order valence-electron chi connectivity index (χ2n) is 5.95. The van der Waals surface area contributed by atoms with Gasteiger partial charge in [-0.25, -0.2) is 0 Å². The highest BCUT2D eigenvalue weighted by Crippen LogP contribution is 2.20. The third-order valence-electron chi connectivity index (χ3n) is 4.31. The van der Waals surface area contributed by atoms with Crippen molar-refractivity contribution in [3.05, 3.63) is 54.2 Å². The summed E-state index contributed by atoms with van der Waals surface area (Å²) in [5.41, 5.74) is 2.08. The number of fused-ring (bicyclic) bond motifs is 1. The molecule has 136 valence electrons. The predicted molar refractivity (Wildman–Crippen MR) is 101 cm³/mol. The molecule has 0 unspecified atom stereocenters. The zero-order valence-corrected chi connectivity index (χ0v) is 15.1. The molecule has 0 saturated carbocycles. The van der Waals surface area contributed by atoms with Gasteiger partial charge < -0.3 is 14.8 Å². The van der Waals surface area contributed by atoms with Crippen LogP contribution in [0.15, 0.2) is 48.7 Å². The molecule has 1 heterocycles. The highest BCUT2D eigenvalue weighted by Gasteiger charge is 2.07. The van der Waals surface area contributed by atoms with Gasteiger partial charge in [-0.15, -0.1) is 0 Å². The maximum Gasteiger partial charge on any atom is 0.221 e. The Balaban J connectivity index is 1.50. The van der Waals surface area contributed by atoms with Crippen LogP contribution in [0.5, 0.6) is 11.5 Å². The number of nitrogens with zero attached hydrogens (tertiary/aromatic N) is 2. The molecule has 0 aliphatic rings. The molecular formula is C20H23N3O3. The van der Waals surface area contributed by atoms with Gasteiger partial charge in [-0.2, -0.15) is 5.10 Å². The molecule has 3 rings (SSSR count). The summed E-state index contributed by atoms with van der Waals surface area (Å²) in [5.74, 6) is 1.66. The van der Waals surface area contributed by atoms with Gasteiger partial charge in [0.1, 0.15) is 11.5 Å². The lowest BCUT2D eigenvalue weighted by Crippen LogP contribution is -2.26. The number of methoxy groups -OCH3 is 2. The number of hydrogen-bond donors (Lipinski definition) is 1. The first-order chi connectivity index (χ1) is 12.7. The lowest BCUT2D eigenvalue weighted by molar-refractivity contribution is -0.121. The van der Waals surface area contributed by atoms with E-state index in [1.54, 1.807) is 20.4 Å². The minimum Gasteiger partial charge on any atom is -0.497 e. The van der Waals surface area contributed by atoms with Crippen molar-refractivity contribution in [3.63, 3.8) is 0 Å². The van der Waals surface area contributed by atoms with Crippen molar-refractivity contribution >= 4 is 16.8 Å². The first-order valence-electron chi connectivity index (χ1n) is 8.59. The number of para-hydroxylation sites is 1. The first-order valence-corrected chi connectivity index (χ1v) is 8.59. The molecular weight excluding hydrogens is 330 g/mol. The van der Waals surface area contributed by atoms with E-state index in [1.165, 1.54) is 0 Å². The number of aryl methyl sites for hydroxylation is 1. The van der Waals surface area contributed by atoms with Gasteiger partial charge in [0.05, 0.1) is 32.5 Å². The minimum atomic E-state index is 0.0112. The van der Waals surface area contributed by atoms with Crippen LogP contribution in [-0.4, -0.2) is 36.5 Å². The first kappa shape index (κ1) is 17.8. The number of amides is 1. The number of ether oxygens (including phenoxy) is 2. The lowest BCUT2D eigenvalue weighted by atomic mass is 10.1. The van der Waals surface area contributed by atoms with Gasteiger partial charge in [0, 0.05) is 18.4 Å². The van der Waals surface area contributed by atoms with Gasteiger partial charge in [0.15, 0.2) is 0 Å². The van der Waals surface area contributed by atoms with Crippen molar-refractivity contribution in [2.75, 3.05) is 20.8 Å². The van der Waals surface area contributed by atoms with Crippen LogP contribution in [0.25, 0.3) is 10.9 Å². The molecule has 1 N–H and O–H groups in total. The molecule has 0 fully saturated rings. The summed E-state index contributed by atoms with van der Waals surface area (Å²) in [6, 6.07) is 13.6. The zero-order valence-electron chi connectivity index (χ0n) is 15.1. The fourth-order valence-electron chi connectivity index (χ4n) is 2.91. The number of nitrogens with one attached hydrogen (secondary N) is 1. The van der Waals surface area contributed by atoms with E-state index in [2.05, 4.69) is 10.4 Å². The van der Waals surface area contributed by atoms with Gasteiger partial charge in [0.25, 0.3) is 0 Å². The van der Waals surface area contributed by atoms with Gasteiger partial charge in [0.2, 0.25) is 5.91 Å². The molecule has 0 aliphatic carbocycles. The van der Waals surface area contributed by atoms with E-state index in [-0.39, 0.29) is 5.91 Å². The quantitative estimate of drug-likeness (QED) is 0.676. The van der Waals surface area contributed by atoms with Crippen molar-refractivity contribution in [1.82, 2.24) is 15.1 Å². The summed E-state index contributed by atoms with van der Waals surface area (Å²) in [5, 5.41) is 8.31. The number of benzene rings is 2. The summed E-state index contributed by atoms with van der Waals surface area (Å²) in [4.78, 5) is 12.1. The van der Waals surface area contributed by atoms with Crippen LogP contribution in [0.1, 0.15) is 12.0 Å². The van der Waals surface area contributed by atoms with Gasteiger partial charge >= 0.3 is 0 Å². The van der Waals surface area contributed by atoms with E-state index >= 15 is 0 Å². The predicted octanol–water partition coefficient (Wildman–Crippen LogP) is 2.80. The second kappa shape index (κ2) is 8.38. The SMILES string of the molecule is COc1ccc2c(cnn2CCC(=O)NCCc2ccccc2OC)c1. The van der Waals surface area contributed by atoms with E-state index in [0.717, 1.165) is 34.4 Å². The van der Waals surface area contributed by atoms with Crippen LogP contribution in [0.2, 0.25) is 0 Å². The Bertz CT molecular complexity index is 889. The van der Waals surface area contributed by atoms with Gasteiger partial charge in [-0.3, -0.25) is 9.48 Å². The normalized spacial score (nSPS) is 10.7. The van der Waals surface area contributed by atoms with Crippen molar-refractivity contribution in [2.45, 2.75) is 19.4 Å². The van der Waals surface area contributed by atoms with Crippen molar-refractivity contribution < 1.29 is 14.3 Å². The Morgan fingerprint density at radius 2 is 2.00 bits per heavy atom. The smallest absolute Gasteiger partial charge is 0.221 e. The van der Waals surface area contributed by atoms with Crippen molar-refractivity contribution in [1.29, 1.82) is 0 Å². The molecule has 0 atom stereocenters. The third-order valence-corrected chi connectivity index (χ3v) is 4.31. The Morgan fingerprint density at radius 3 is 2.81 bits per heavy atom. The Hall–Kier alpha value is -3.02. The highest BCUT2D eigenvalue weighted by atomic mass is 16.5. The molecule has 2 aromatic carbocycles. The number of hydrogen-bond acceptors (Lipinski definition) is 4. The average molecular weight is 353 g/mol. The van der Waals surface area contributed by atoms with Crippen molar-refractivity contribution in [3.8, 4) is 11.5 Å². The van der Waals surface area contributed by atoms with E-state index in [4.69, 9.17) is 9.47 Å². The molecule has 6 heteroatoms. The van der Waals surface area contributed by atoms with E-state index in [0.29, 0.717) is 19.5 Å². The summed E-state index contributed by atoms with van der Waals surface area (Å²) in [7, 11) is 3.29. The molecule has 0 bridgehead atoms. The Kier molecular flexibility index (Phi) is 5.73. The van der Waals surface area contributed by atoms with Crippen LogP contribution in [0, 0.1) is 0 Å². The van der Waals surface area contributed by atoms with E-state index < -0.39 is 0 Å². The molecule has 0 aliphatic heterocycles. The molecule has 1 aromatic heterocycles. The molecule has 0 radical (unpaired) electrons. The van der Waals surface area contributed by atoms with Gasteiger partial charge in [-0.05, 0) is 36.2 Å². The third kappa shape index (κ3) is 4.14. The molecule has 6 nitrogen and oxygen atoms in total. The summed E-state index contributed by atoms with van der Waals surface area (Å²) in [6.45, 7) is 1.12. The number of rotatable bonds is 8. The fourth-order valence-corrected chi connectivity index (χ4v) is 2.91. The summed E-state index contributed by atoms with van der Waals surface area (Å²) < 4.78 is 12.4. The van der Waals surface area contributed by atoms with E-state index in [9.17, 15) is 4.79 Å². The van der Waals surface area contributed by atoms with Crippen LogP contribution in [0.4, 0.5) is 0 Å². The highest BCUT2D eigenvalue weighted by molar-refractivity contribution is 5.80. The fraction of sp³-hybridized carbons (Fsp3) is 0.300. The molecule has 0 spiro atoms. The zero-order chi connectivity index (χ0) is 18.4. The second-order valence-corrected chi connectivity index (χ2v) is 5.95. The Labute approximate surface area is 152 Å². The van der Waals surface area contributed by atoms with E-state index in [1.807, 2.05) is 47.1 Å². The maximum atomic E-state index is 12.1.